The maximum atomic E-state index is 13.6. The van der Waals surface area contributed by atoms with Crippen LogP contribution in [0.25, 0.3) is 45.3 Å². The molecule has 0 aliphatic rings. The minimum atomic E-state index is -3.56. The summed E-state index contributed by atoms with van der Waals surface area (Å²) in [5.41, 5.74) is 4.86. The summed E-state index contributed by atoms with van der Waals surface area (Å²) in [7, 11) is -3.56. The Labute approximate surface area is 297 Å². The monoisotopic (exact) mass is 718 g/mol. The third kappa shape index (κ3) is 7.62. The van der Waals surface area contributed by atoms with E-state index in [2.05, 4.69) is 25.5 Å². The van der Waals surface area contributed by atoms with Crippen LogP contribution in [0.3, 0.4) is 0 Å². The Kier molecular flexibility index (Phi) is 9.26. The molecule has 13 heteroatoms. The Bertz CT molecular complexity index is 2440. The maximum Gasteiger partial charge on any atom is 0.251 e. The average Bonchev–Trinajstić information content (AvgIpc) is 3.85. The number of pyridine rings is 1. The van der Waals surface area contributed by atoms with Crippen LogP contribution >= 0.6 is 11.6 Å². The number of aromatic nitrogens is 5. The molecule has 4 aromatic carbocycles. The molecule has 51 heavy (non-hydrogen) atoms. The fraction of sp³-hybridized carbons (Fsp3) is 0.0789. The van der Waals surface area contributed by atoms with E-state index in [1.54, 1.807) is 91.6 Å². The van der Waals surface area contributed by atoms with E-state index in [9.17, 15) is 17.6 Å². The number of carbonyl (C=O) groups is 1. The molecule has 0 saturated carbocycles. The molecule has 254 valence electrons. The number of nitrogens with zero attached hydrogens (tertiary/aromatic N) is 5. The Morgan fingerprint density at radius 3 is 2.22 bits per heavy atom. The van der Waals surface area contributed by atoms with E-state index in [4.69, 9.17) is 16.0 Å². The Morgan fingerprint density at radius 2 is 1.55 bits per heavy atom. The molecule has 0 saturated heterocycles. The fourth-order valence-electron chi connectivity index (χ4n) is 5.54. The normalized spacial score (nSPS) is 12.1. The largest absolute Gasteiger partial charge is 0.416 e. The van der Waals surface area contributed by atoms with Crippen molar-refractivity contribution in [2.75, 3.05) is 6.26 Å². The number of halogens is 2. The summed E-state index contributed by atoms with van der Waals surface area (Å²) in [5, 5.41) is 11.9. The second-order valence-electron chi connectivity index (χ2n) is 11.8. The van der Waals surface area contributed by atoms with Crippen molar-refractivity contribution in [1.82, 2.24) is 30.0 Å². The number of rotatable bonds is 10. The van der Waals surface area contributed by atoms with Crippen LogP contribution in [-0.4, -0.2) is 45.3 Å². The minimum Gasteiger partial charge on any atom is -0.416 e. The van der Waals surface area contributed by atoms with Crippen molar-refractivity contribution < 1.29 is 22.0 Å². The lowest BCUT2D eigenvalue weighted by Gasteiger charge is -2.21. The molecule has 7 aromatic rings. The van der Waals surface area contributed by atoms with Gasteiger partial charge >= 0.3 is 0 Å². The van der Waals surface area contributed by atoms with Gasteiger partial charge in [-0.2, -0.15) is 0 Å². The molecule has 1 atom stereocenters. The maximum absolute atomic E-state index is 13.6. The number of nitrogens with one attached hydrogen (secondary N) is 1. The van der Waals surface area contributed by atoms with Crippen molar-refractivity contribution in [3.8, 4) is 45.3 Å². The zero-order valence-corrected chi connectivity index (χ0v) is 28.5. The van der Waals surface area contributed by atoms with Gasteiger partial charge in [0.15, 0.2) is 9.84 Å². The predicted molar refractivity (Wildman–Crippen MR) is 191 cm³/mol. The topological polar surface area (TPSA) is 133 Å². The summed E-state index contributed by atoms with van der Waals surface area (Å²) in [6, 6.07) is 28.0. The van der Waals surface area contributed by atoms with Gasteiger partial charge in [0, 0.05) is 58.7 Å². The predicted octanol–water partition coefficient (Wildman–Crippen LogP) is 7.70. The van der Waals surface area contributed by atoms with Gasteiger partial charge in [-0.25, -0.2) is 17.8 Å². The van der Waals surface area contributed by atoms with Gasteiger partial charge in [-0.1, -0.05) is 41.9 Å². The summed E-state index contributed by atoms with van der Waals surface area (Å²) in [6.45, 7) is 0.368. The molecular formula is C38H28ClFN6O4S. The molecule has 10 nitrogen and oxygen atoms in total. The summed E-state index contributed by atoms with van der Waals surface area (Å²) < 4.78 is 46.3. The second-order valence-corrected chi connectivity index (χ2v) is 14.2. The molecule has 0 radical (unpaired) electrons. The summed E-state index contributed by atoms with van der Waals surface area (Å²) in [4.78, 5) is 22.1. The quantitative estimate of drug-likeness (QED) is 0.152. The van der Waals surface area contributed by atoms with Crippen molar-refractivity contribution in [3.05, 3.63) is 150 Å². The van der Waals surface area contributed by atoms with Gasteiger partial charge in [0.05, 0.1) is 23.0 Å². The molecule has 0 fully saturated rings. The molecule has 3 heterocycles. The molecule has 0 aliphatic carbocycles. The van der Waals surface area contributed by atoms with Crippen LogP contribution < -0.4 is 5.32 Å². The lowest BCUT2D eigenvalue weighted by atomic mass is 10.00. The van der Waals surface area contributed by atoms with Crippen LogP contribution in [0.5, 0.6) is 0 Å². The highest BCUT2D eigenvalue weighted by Crippen LogP contribution is 2.32. The van der Waals surface area contributed by atoms with Crippen LogP contribution in [0.2, 0.25) is 5.02 Å². The van der Waals surface area contributed by atoms with Gasteiger partial charge in [0.1, 0.15) is 5.82 Å². The first kappa shape index (κ1) is 33.5. The van der Waals surface area contributed by atoms with Gasteiger partial charge in [-0.05, 0) is 89.5 Å². The van der Waals surface area contributed by atoms with Crippen molar-refractivity contribution >= 4 is 27.3 Å². The lowest BCUT2D eigenvalue weighted by molar-refractivity contribution is 0.0932. The van der Waals surface area contributed by atoms with Crippen LogP contribution in [0.1, 0.15) is 22.0 Å². The Balaban J connectivity index is 1.12. The third-order valence-corrected chi connectivity index (χ3v) is 9.59. The van der Waals surface area contributed by atoms with Gasteiger partial charge in [0.2, 0.25) is 11.8 Å². The molecule has 1 N–H and O–H groups in total. The average molecular weight is 719 g/mol. The van der Waals surface area contributed by atoms with Crippen LogP contribution in [0.15, 0.2) is 137 Å². The highest BCUT2D eigenvalue weighted by atomic mass is 35.5. The highest BCUT2D eigenvalue weighted by molar-refractivity contribution is 7.90. The molecule has 3 aromatic heterocycles. The number of benzene rings is 4. The van der Waals surface area contributed by atoms with Crippen molar-refractivity contribution in [2.24, 2.45) is 0 Å². The van der Waals surface area contributed by atoms with Crippen molar-refractivity contribution in [2.45, 2.75) is 17.5 Å². The minimum absolute atomic E-state index is 0.0900. The first-order chi connectivity index (χ1) is 24.6. The molecule has 1 amide bonds. The third-order valence-electron chi connectivity index (χ3n) is 8.17. The van der Waals surface area contributed by atoms with E-state index in [-0.39, 0.29) is 28.4 Å². The summed E-state index contributed by atoms with van der Waals surface area (Å²) in [6.07, 6.45) is 7.86. The van der Waals surface area contributed by atoms with Crippen LogP contribution in [0.4, 0.5) is 4.39 Å². The number of hydrogen-bond acceptors (Lipinski definition) is 8. The van der Waals surface area contributed by atoms with E-state index < -0.39 is 15.9 Å². The van der Waals surface area contributed by atoms with Gasteiger partial charge in [-0.15, -0.1) is 10.2 Å². The lowest BCUT2D eigenvalue weighted by Crippen LogP contribution is -2.31. The van der Waals surface area contributed by atoms with E-state index in [0.717, 1.165) is 17.4 Å². The number of amides is 1. The van der Waals surface area contributed by atoms with Gasteiger partial charge < -0.3 is 14.3 Å². The van der Waals surface area contributed by atoms with E-state index >= 15 is 0 Å². The number of carbonyl (C=O) groups excluding carboxylic acids is 1. The highest BCUT2D eigenvalue weighted by Gasteiger charge is 2.21. The van der Waals surface area contributed by atoms with E-state index in [0.29, 0.717) is 45.1 Å². The smallest absolute Gasteiger partial charge is 0.251 e. The number of hydrogen-bond donors (Lipinski definition) is 1. The molecular weight excluding hydrogens is 691 g/mol. The van der Waals surface area contributed by atoms with Crippen molar-refractivity contribution in [3.63, 3.8) is 0 Å². The molecule has 7 rings (SSSR count). The Morgan fingerprint density at radius 1 is 0.843 bits per heavy atom. The SMILES string of the molecule is CS(=O)(=O)c1cc(-c2ccccn2)cc(-c2nnc(-c3ccc(C(=O)N[C@@H](Cn4ccnc4)c4ccc(-c5ccc(F)cc5)cc4Cl)cc3)o2)c1. The van der Waals surface area contributed by atoms with Crippen LogP contribution in [-0.2, 0) is 16.4 Å². The fourth-order valence-corrected chi connectivity index (χ4v) is 6.53. The standard InChI is InChI=1S/C38H28ClFN6O4S/c1-51(48,49)31-19-28(34-4-2-3-15-42-34)18-29(20-31)38-45-44-37(50-38)26-7-5-25(6-8-26)36(47)43-35(22-46-17-16-41-23-46)32-14-11-27(21-33(32)39)24-9-12-30(40)13-10-24/h2-21,23,35H,22H2,1H3,(H,43,47)/t35-/m0/s1. The second kappa shape index (κ2) is 14.1. The van der Waals surface area contributed by atoms with E-state index in [1.807, 2.05) is 22.8 Å². The zero-order chi connectivity index (χ0) is 35.5. The molecule has 0 unspecified atom stereocenters. The first-order valence-corrected chi connectivity index (χ1v) is 17.9. The molecule has 0 aliphatic heterocycles. The Hall–Kier alpha value is -5.98. The zero-order valence-electron chi connectivity index (χ0n) is 26.9. The summed E-state index contributed by atoms with van der Waals surface area (Å²) >= 11 is 6.77. The van der Waals surface area contributed by atoms with Gasteiger partial charge in [-0.3, -0.25) is 9.78 Å². The van der Waals surface area contributed by atoms with Crippen LogP contribution in [0, 0.1) is 5.82 Å². The number of sulfone groups is 1. The van der Waals surface area contributed by atoms with E-state index in [1.165, 1.54) is 18.2 Å². The molecule has 0 spiro atoms. The first-order valence-electron chi connectivity index (χ1n) is 15.6. The summed E-state index contributed by atoms with van der Waals surface area (Å²) in [5.74, 6) is -0.352. The van der Waals surface area contributed by atoms with Crippen molar-refractivity contribution in [1.29, 1.82) is 0 Å². The number of imidazole rings is 1. The van der Waals surface area contributed by atoms with Gasteiger partial charge in [0.25, 0.3) is 5.91 Å². The molecule has 0 bridgehead atoms.